The summed E-state index contributed by atoms with van der Waals surface area (Å²) in [5.41, 5.74) is 1.44. The average Bonchev–Trinajstić information content (AvgIpc) is 3.00. The van der Waals surface area contributed by atoms with Crippen LogP contribution in [0.4, 0.5) is 5.69 Å². The summed E-state index contributed by atoms with van der Waals surface area (Å²) < 4.78 is 0.777. The maximum absolute atomic E-state index is 11.9. The molecule has 0 bridgehead atoms. The van der Waals surface area contributed by atoms with Crippen LogP contribution in [-0.4, -0.2) is 29.1 Å². The first-order valence-electron chi connectivity index (χ1n) is 7.46. The van der Waals surface area contributed by atoms with Crippen LogP contribution in [0.5, 0.6) is 0 Å². The van der Waals surface area contributed by atoms with Crippen molar-refractivity contribution in [3.05, 3.63) is 40.4 Å². The van der Waals surface area contributed by atoms with E-state index in [4.69, 9.17) is 11.6 Å². The Morgan fingerprint density at radius 2 is 2.00 bits per heavy atom. The molecular weight excluding hydrogens is 366 g/mol. The Kier molecular flexibility index (Phi) is 7.55. The van der Waals surface area contributed by atoms with E-state index in [0.29, 0.717) is 17.3 Å². The second kappa shape index (κ2) is 9.66. The first-order chi connectivity index (χ1) is 11.6. The van der Waals surface area contributed by atoms with Crippen molar-refractivity contribution in [2.24, 2.45) is 0 Å². The summed E-state index contributed by atoms with van der Waals surface area (Å²) in [5.74, 6) is 0.122. The molecular formula is C16H18ClN3O2S2. The number of carbonyl (C=O) groups is 2. The second-order valence-corrected chi connectivity index (χ2v) is 7.49. The van der Waals surface area contributed by atoms with E-state index in [1.54, 1.807) is 24.3 Å². The summed E-state index contributed by atoms with van der Waals surface area (Å²) >= 11 is 8.60. The summed E-state index contributed by atoms with van der Waals surface area (Å²) in [6.07, 6.45) is 1.18. The fraction of sp³-hybridized carbons (Fsp3) is 0.312. The number of carbonyl (C=O) groups excluding carboxylic acids is 2. The molecule has 2 N–H and O–H groups in total. The third-order valence-corrected chi connectivity index (χ3v) is 5.22. The molecule has 8 heteroatoms. The lowest BCUT2D eigenvalue weighted by Crippen LogP contribution is -2.25. The van der Waals surface area contributed by atoms with Crippen LogP contribution in [0.15, 0.2) is 34.0 Å². The Bertz CT molecular complexity index is 689. The van der Waals surface area contributed by atoms with Gasteiger partial charge in [0.1, 0.15) is 0 Å². The van der Waals surface area contributed by atoms with Crippen LogP contribution >= 0.6 is 34.7 Å². The highest BCUT2D eigenvalue weighted by molar-refractivity contribution is 8.01. The number of thioether (sulfide) groups is 1. The lowest BCUT2D eigenvalue weighted by molar-refractivity contribution is -0.120. The molecule has 0 aliphatic heterocycles. The minimum atomic E-state index is -0.111. The standard InChI is InChI=1S/C16H18ClN3O2S2/c1-2-7-18-14(21)8-13-9-23-16(20-13)24-10-15(22)19-12-5-3-11(17)4-6-12/h3-6,9H,2,7-8,10H2,1H3,(H,18,21)(H,19,22). The number of aromatic nitrogens is 1. The van der Waals surface area contributed by atoms with Crippen LogP contribution in [0, 0.1) is 0 Å². The zero-order chi connectivity index (χ0) is 17.4. The summed E-state index contributed by atoms with van der Waals surface area (Å²) in [6.45, 7) is 2.68. The number of nitrogens with one attached hydrogen (secondary N) is 2. The zero-order valence-electron chi connectivity index (χ0n) is 13.2. The number of halogens is 1. The van der Waals surface area contributed by atoms with Crippen molar-refractivity contribution in [3.63, 3.8) is 0 Å². The molecule has 0 unspecified atom stereocenters. The van der Waals surface area contributed by atoms with Gasteiger partial charge in [0.05, 0.1) is 17.9 Å². The largest absolute Gasteiger partial charge is 0.356 e. The zero-order valence-corrected chi connectivity index (χ0v) is 15.6. The average molecular weight is 384 g/mol. The molecule has 0 saturated heterocycles. The van der Waals surface area contributed by atoms with E-state index < -0.39 is 0 Å². The van der Waals surface area contributed by atoms with E-state index in [2.05, 4.69) is 15.6 Å². The molecule has 0 spiro atoms. The fourth-order valence-corrected chi connectivity index (χ4v) is 3.56. The molecule has 5 nitrogen and oxygen atoms in total. The molecule has 0 aliphatic carbocycles. The highest BCUT2D eigenvalue weighted by atomic mass is 35.5. The number of hydrogen-bond donors (Lipinski definition) is 2. The van der Waals surface area contributed by atoms with Crippen molar-refractivity contribution >= 4 is 52.2 Å². The number of rotatable bonds is 8. The van der Waals surface area contributed by atoms with Crippen LogP contribution < -0.4 is 10.6 Å². The molecule has 24 heavy (non-hydrogen) atoms. The molecule has 2 aromatic rings. The van der Waals surface area contributed by atoms with Gasteiger partial charge in [-0.1, -0.05) is 30.3 Å². The molecule has 128 valence electrons. The van der Waals surface area contributed by atoms with Gasteiger partial charge in [0.25, 0.3) is 0 Å². The molecule has 0 fully saturated rings. The molecule has 1 aromatic heterocycles. The van der Waals surface area contributed by atoms with Gasteiger partial charge in [0, 0.05) is 22.6 Å². The van der Waals surface area contributed by atoms with E-state index in [9.17, 15) is 9.59 Å². The van der Waals surface area contributed by atoms with Gasteiger partial charge in [-0.25, -0.2) is 4.98 Å². The number of anilines is 1. The van der Waals surface area contributed by atoms with E-state index in [0.717, 1.165) is 16.5 Å². The van der Waals surface area contributed by atoms with E-state index >= 15 is 0 Å². The Morgan fingerprint density at radius 1 is 1.25 bits per heavy atom. The predicted molar refractivity (Wildman–Crippen MR) is 99.9 cm³/mol. The smallest absolute Gasteiger partial charge is 0.234 e. The van der Waals surface area contributed by atoms with Gasteiger partial charge in [-0.15, -0.1) is 11.3 Å². The van der Waals surface area contributed by atoms with Crippen LogP contribution in [0.25, 0.3) is 0 Å². The van der Waals surface area contributed by atoms with Gasteiger partial charge >= 0.3 is 0 Å². The lowest BCUT2D eigenvalue weighted by Gasteiger charge is -2.04. The number of hydrogen-bond acceptors (Lipinski definition) is 5. The van der Waals surface area contributed by atoms with Gasteiger partial charge < -0.3 is 10.6 Å². The molecule has 0 atom stereocenters. The summed E-state index contributed by atoms with van der Waals surface area (Å²) in [4.78, 5) is 27.9. The highest BCUT2D eigenvalue weighted by Gasteiger charge is 2.10. The van der Waals surface area contributed by atoms with Gasteiger partial charge in [-0.2, -0.15) is 0 Å². The summed E-state index contributed by atoms with van der Waals surface area (Å²) in [6, 6.07) is 6.95. The first-order valence-corrected chi connectivity index (χ1v) is 9.70. The van der Waals surface area contributed by atoms with E-state index in [1.807, 2.05) is 12.3 Å². The van der Waals surface area contributed by atoms with Crippen molar-refractivity contribution in [3.8, 4) is 0 Å². The van der Waals surface area contributed by atoms with Crippen LogP contribution in [-0.2, 0) is 16.0 Å². The molecule has 0 aliphatic rings. The topological polar surface area (TPSA) is 71.1 Å². The summed E-state index contributed by atoms with van der Waals surface area (Å²) in [7, 11) is 0. The van der Waals surface area contributed by atoms with Crippen LogP contribution in [0.1, 0.15) is 19.0 Å². The molecule has 2 rings (SSSR count). The van der Waals surface area contributed by atoms with Crippen LogP contribution in [0.3, 0.4) is 0 Å². The van der Waals surface area contributed by atoms with Crippen molar-refractivity contribution in [2.45, 2.75) is 24.1 Å². The minimum absolute atomic E-state index is 0.0285. The Hall–Kier alpha value is -1.57. The Balaban J connectivity index is 1.76. The number of benzene rings is 1. The van der Waals surface area contributed by atoms with Gasteiger partial charge in [0.15, 0.2) is 4.34 Å². The van der Waals surface area contributed by atoms with Crippen molar-refractivity contribution in [1.82, 2.24) is 10.3 Å². The summed E-state index contributed by atoms with van der Waals surface area (Å²) in [5, 5.41) is 8.09. The maximum atomic E-state index is 11.9. The maximum Gasteiger partial charge on any atom is 0.234 e. The lowest BCUT2D eigenvalue weighted by atomic mass is 10.3. The minimum Gasteiger partial charge on any atom is -0.356 e. The molecule has 0 saturated carbocycles. The van der Waals surface area contributed by atoms with E-state index in [1.165, 1.54) is 23.1 Å². The van der Waals surface area contributed by atoms with Crippen LogP contribution in [0.2, 0.25) is 5.02 Å². The van der Waals surface area contributed by atoms with Gasteiger partial charge in [-0.05, 0) is 30.7 Å². The molecule has 0 radical (unpaired) electrons. The Morgan fingerprint density at radius 3 is 2.71 bits per heavy atom. The number of amides is 2. The Labute approximate surface area is 154 Å². The predicted octanol–water partition coefficient (Wildman–Crippen LogP) is 3.60. The highest BCUT2D eigenvalue weighted by Crippen LogP contribution is 2.23. The normalized spacial score (nSPS) is 10.4. The third kappa shape index (κ3) is 6.51. The molecule has 1 heterocycles. The van der Waals surface area contributed by atoms with Crippen molar-refractivity contribution in [1.29, 1.82) is 0 Å². The second-order valence-electron chi connectivity index (χ2n) is 4.98. The van der Waals surface area contributed by atoms with Crippen molar-refractivity contribution < 1.29 is 9.59 Å². The monoisotopic (exact) mass is 383 g/mol. The quantitative estimate of drug-likeness (QED) is 0.683. The third-order valence-electron chi connectivity index (χ3n) is 2.90. The van der Waals surface area contributed by atoms with E-state index in [-0.39, 0.29) is 24.0 Å². The number of thiazole rings is 1. The van der Waals surface area contributed by atoms with Gasteiger partial charge in [-0.3, -0.25) is 9.59 Å². The SMILES string of the molecule is CCCNC(=O)Cc1csc(SCC(=O)Nc2ccc(Cl)cc2)n1. The van der Waals surface area contributed by atoms with Gasteiger partial charge in [0.2, 0.25) is 11.8 Å². The number of nitrogens with zero attached hydrogens (tertiary/aromatic N) is 1. The van der Waals surface area contributed by atoms with Crippen molar-refractivity contribution in [2.75, 3.05) is 17.6 Å². The fourth-order valence-electron chi connectivity index (χ4n) is 1.78. The first kappa shape index (κ1) is 18.8. The molecule has 2 amide bonds. The molecule has 1 aromatic carbocycles.